The van der Waals surface area contributed by atoms with Gasteiger partial charge in [0.25, 0.3) is 0 Å². The van der Waals surface area contributed by atoms with E-state index in [2.05, 4.69) is 10.4 Å². The number of rotatable bonds is 4. The van der Waals surface area contributed by atoms with E-state index in [4.69, 9.17) is 4.74 Å². The van der Waals surface area contributed by atoms with Crippen LogP contribution in [0.1, 0.15) is 23.0 Å². The van der Waals surface area contributed by atoms with Crippen molar-refractivity contribution in [3.05, 3.63) is 41.2 Å². The standard InChI is InChI=1S/C17H24N4O3S.ClH/c1-12-17(13(2)20(3)19-12)25(22,23)21-10-9-18-11-15(21)14-7-5-6-8-16(14)24-4;/h5-8,15,18H,9-11H2,1-4H3;1H. The zero-order chi connectivity index (χ0) is 18.2. The highest BCUT2D eigenvalue weighted by atomic mass is 35.5. The van der Waals surface area contributed by atoms with E-state index < -0.39 is 10.0 Å². The van der Waals surface area contributed by atoms with Crippen LogP contribution < -0.4 is 10.1 Å². The molecule has 0 bridgehead atoms. The van der Waals surface area contributed by atoms with Gasteiger partial charge in [0.1, 0.15) is 10.6 Å². The summed E-state index contributed by atoms with van der Waals surface area (Å²) < 4.78 is 35.5. The van der Waals surface area contributed by atoms with Crippen molar-refractivity contribution in [2.45, 2.75) is 24.8 Å². The molecule has 1 atom stereocenters. The van der Waals surface area contributed by atoms with Crippen LogP contribution in [-0.2, 0) is 17.1 Å². The maximum Gasteiger partial charge on any atom is 0.247 e. The number of ether oxygens (including phenoxy) is 1. The Hall–Kier alpha value is -1.61. The molecule has 0 spiro atoms. The van der Waals surface area contributed by atoms with Crippen molar-refractivity contribution in [1.29, 1.82) is 0 Å². The lowest BCUT2D eigenvalue weighted by Gasteiger charge is -2.36. The van der Waals surface area contributed by atoms with Crippen LogP contribution in [0.2, 0.25) is 0 Å². The highest BCUT2D eigenvalue weighted by Crippen LogP contribution is 2.35. The molecule has 1 unspecified atom stereocenters. The molecule has 7 nitrogen and oxygen atoms in total. The molecule has 1 saturated heterocycles. The van der Waals surface area contributed by atoms with Crippen LogP contribution >= 0.6 is 12.4 Å². The molecule has 0 radical (unpaired) electrons. The molecular formula is C17H25ClN4O3S. The molecule has 1 N–H and O–H groups in total. The van der Waals surface area contributed by atoms with Gasteiger partial charge < -0.3 is 10.1 Å². The number of hydrogen-bond donors (Lipinski definition) is 1. The van der Waals surface area contributed by atoms with Gasteiger partial charge >= 0.3 is 0 Å². The summed E-state index contributed by atoms with van der Waals surface area (Å²) >= 11 is 0. The van der Waals surface area contributed by atoms with Gasteiger partial charge in [0, 0.05) is 32.2 Å². The fourth-order valence-corrected chi connectivity index (χ4v) is 5.43. The van der Waals surface area contributed by atoms with Gasteiger partial charge in [-0.3, -0.25) is 4.68 Å². The SMILES string of the molecule is COc1ccccc1C1CNCCN1S(=O)(=O)c1c(C)nn(C)c1C.Cl. The minimum atomic E-state index is -3.67. The third-order valence-electron chi connectivity index (χ3n) is 4.70. The summed E-state index contributed by atoms with van der Waals surface area (Å²) in [6.45, 7) is 5.08. The first-order valence-corrected chi connectivity index (χ1v) is 9.67. The molecular weight excluding hydrogens is 376 g/mol. The van der Waals surface area contributed by atoms with Crippen LogP contribution in [-0.4, -0.2) is 49.2 Å². The Labute approximate surface area is 160 Å². The van der Waals surface area contributed by atoms with E-state index in [1.165, 1.54) is 0 Å². The molecule has 2 aromatic rings. The maximum atomic E-state index is 13.4. The van der Waals surface area contributed by atoms with Gasteiger partial charge in [-0.15, -0.1) is 12.4 Å². The van der Waals surface area contributed by atoms with Crippen LogP contribution in [0.15, 0.2) is 29.2 Å². The van der Waals surface area contributed by atoms with Gasteiger partial charge in [0.05, 0.1) is 24.5 Å². The van der Waals surface area contributed by atoms with Crippen LogP contribution in [0.5, 0.6) is 5.75 Å². The minimum absolute atomic E-state index is 0. The Bertz CT molecular complexity index is 882. The summed E-state index contributed by atoms with van der Waals surface area (Å²) in [5.74, 6) is 0.691. The molecule has 1 aliphatic rings. The van der Waals surface area contributed by atoms with Gasteiger partial charge in [-0.1, -0.05) is 18.2 Å². The second-order valence-electron chi connectivity index (χ2n) is 6.20. The molecule has 26 heavy (non-hydrogen) atoms. The zero-order valence-electron chi connectivity index (χ0n) is 15.4. The lowest BCUT2D eigenvalue weighted by atomic mass is 10.0. The first kappa shape index (κ1) is 20.7. The van der Waals surface area contributed by atoms with E-state index in [1.54, 1.807) is 37.0 Å². The zero-order valence-corrected chi connectivity index (χ0v) is 17.0. The molecule has 144 valence electrons. The van der Waals surface area contributed by atoms with Crippen molar-refractivity contribution >= 4 is 22.4 Å². The number of nitrogens with zero attached hydrogens (tertiary/aromatic N) is 3. The molecule has 2 heterocycles. The number of para-hydroxylation sites is 1. The number of sulfonamides is 1. The quantitative estimate of drug-likeness (QED) is 0.846. The lowest BCUT2D eigenvalue weighted by molar-refractivity contribution is 0.264. The largest absolute Gasteiger partial charge is 0.496 e. The molecule has 0 aliphatic carbocycles. The predicted octanol–water partition coefficient (Wildman–Crippen LogP) is 1.80. The number of benzene rings is 1. The summed E-state index contributed by atoms with van der Waals surface area (Å²) in [5, 5.41) is 7.56. The highest BCUT2D eigenvalue weighted by molar-refractivity contribution is 7.89. The summed E-state index contributed by atoms with van der Waals surface area (Å²) in [5.41, 5.74) is 2.03. The van der Waals surface area contributed by atoms with E-state index >= 15 is 0 Å². The Balaban J connectivity index is 0.00000243. The normalized spacial score (nSPS) is 18.4. The molecule has 3 rings (SSSR count). The summed E-state index contributed by atoms with van der Waals surface area (Å²) in [7, 11) is -0.309. The van der Waals surface area contributed by atoms with Crippen molar-refractivity contribution in [2.75, 3.05) is 26.7 Å². The number of nitrogens with one attached hydrogen (secondary N) is 1. The third kappa shape index (κ3) is 3.46. The summed E-state index contributed by atoms with van der Waals surface area (Å²) in [6.07, 6.45) is 0. The topological polar surface area (TPSA) is 76.5 Å². The molecule has 0 saturated carbocycles. The number of aromatic nitrogens is 2. The average Bonchev–Trinajstić information content (AvgIpc) is 2.87. The Morgan fingerprint density at radius 3 is 2.58 bits per heavy atom. The number of hydrogen-bond acceptors (Lipinski definition) is 5. The summed E-state index contributed by atoms with van der Waals surface area (Å²) in [6, 6.07) is 7.23. The monoisotopic (exact) mass is 400 g/mol. The van der Waals surface area contributed by atoms with Crippen LogP contribution in [0, 0.1) is 13.8 Å². The Morgan fingerprint density at radius 2 is 1.96 bits per heavy atom. The van der Waals surface area contributed by atoms with Crippen molar-refractivity contribution in [1.82, 2.24) is 19.4 Å². The van der Waals surface area contributed by atoms with E-state index in [0.717, 1.165) is 5.56 Å². The predicted molar refractivity (Wildman–Crippen MR) is 102 cm³/mol. The highest BCUT2D eigenvalue weighted by Gasteiger charge is 2.38. The van der Waals surface area contributed by atoms with Gasteiger partial charge in [0.2, 0.25) is 10.0 Å². The van der Waals surface area contributed by atoms with Crippen molar-refractivity contribution in [3.8, 4) is 5.75 Å². The Morgan fingerprint density at radius 1 is 1.27 bits per heavy atom. The molecule has 1 aromatic heterocycles. The van der Waals surface area contributed by atoms with Gasteiger partial charge in [-0.05, 0) is 19.9 Å². The number of aryl methyl sites for hydroxylation is 2. The van der Waals surface area contributed by atoms with E-state index in [0.29, 0.717) is 41.7 Å². The first-order valence-electron chi connectivity index (χ1n) is 8.23. The summed E-state index contributed by atoms with van der Waals surface area (Å²) in [4.78, 5) is 0.303. The van der Waals surface area contributed by atoms with E-state index in [1.807, 2.05) is 24.3 Å². The van der Waals surface area contributed by atoms with E-state index in [-0.39, 0.29) is 18.4 Å². The average molecular weight is 401 g/mol. The lowest BCUT2D eigenvalue weighted by Crippen LogP contribution is -2.48. The minimum Gasteiger partial charge on any atom is -0.496 e. The second kappa shape index (κ2) is 7.96. The third-order valence-corrected chi connectivity index (χ3v) is 6.86. The van der Waals surface area contributed by atoms with Gasteiger partial charge in [-0.25, -0.2) is 8.42 Å². The van der Waals surface area contributed by atoms with E-state index in [9.17, 15) is 8.42 Å². The molecule has 1 aromatic carbocycles. The molecule has 0 amide bonds. The number of halogens is 1. The number of piperazine rings is 1. The first-order chi connectivity index (χ1) is 11.9. The van der Waals surface area contributed by atoms with Gasteiger partial charge in [-0.2, -0.15) is 9.40 Å². The van der Waals surface area contributed by atoms with Crippen molar-refractivity contribution in [2.24, 2.45) is 7.05 Å². The molecule has 9 heteroatoms. The van der Waals surface area contributed by atoms with Crippen molar-refractivity contribution in [3.63, 3.8) is 0 Å². The fraction of sp³-hybridized carbons (Fsp3) is 0.471. The fourth-order valence-electron chi connectivity index (χ4n) is 3.42. The van der Waals surface area contributed by atoms with Crippen molar-refractivity contribution < 1.29 is 13.2 Å². The maximum absolute atomic E-state index is 13.4. The molecule has 1 fully saturated rings. The van der Waals surface area contributed by atoms with Crippen LogP contribution in [0.25, 0.3) is 0 Å². The van der Waals surface area contributed by atoms with Crippen LogP contribution in [0.3, 0.4) is 0 Å². The molecule has 1 aliphatic heterocycles. The number of methoxy groups -OCH3 is 1. The smallest absolute Gasteiger partial charge is 0.247 e. The Kier molecular flexibility index (Phi) is 6.33. The van der Waals surface area contributed by atoms with Gasteiger partial charge in [0.15, 0.2) is 0 Å². The second-order valence-corrected chi connectivity index (χ2v) is 8.03. The van der Waals surface area contributed by atoms with Crippen LogP contribution in [0.4, 0.5) is 0 Å².